The molecule has 0 aliphatic heterocycles. The van der Waals surface area contributed by atoms with Gasteiger partial charge in [0.1, 0.15) is 5.56 Å². The molecule has 0 radical (unpaired) electrons. The van der Waals surface area contributed by atoms with Crippen molar-refractivity contribution in [2.45, 2.75) is 51.2 Å². The Morgan fingerprint density at radius 3 is 2.26 bits per heavy atom. The van der Waals surface area contributed by atoms with Crippen molar-refractivity contribution < 1.29 is 14.6 Å². The van der Waals surface area contributed by atoms with Crippen molar-refractivity contribution in [3.8, 4) is 0 Å². The standard InChI is InChI=1S/C15H21N3O5/c1-11(23-10-16-12-6-3-2-4-7-12)15-13(17(19)20)8-5-9-14(15)18(21)22/h5,8-9,11-12,16H,2-4,6-7,10H2,1H3. The summed E-state index contributed by atoms with van der Waals surface area (Å²) < 4.78 is 5.59. The van der Waals surface area contributed by atoms with E-state index in [1.807, 2.05) is 0 Å². The molecule has 1 unspecified atom stereocenters. The van der Waals surface area contributed by atoms with Crippen LogP contribution in [0.1, 0.15) is 50.7 Å². The normalized spacial score (nSPS) is 16.9. The van der Waals surface area contributed by atoms with Crippen LogP contribution in [0.3, 0.4) is 0 Å². The fraction of sp³-hybridized carbons (Fsp3) is 0.600. The Morgan fingerprint density at radius 1 is 1.17 bits per heavy atom. The van der Waals surface area contributed by atoms with E-state index in [2.05, 4.69) is 5.32 Å². The van der Waals surface area contributed by atoms with Gasteiger partial charge < -0.3 is 4.74 Å². The van der Waals surface area contributed by atoms with Gasteiger partial charge in [0.25, 0.3) is 11.4 Å². The number of rotatable bonds is 7. The zero-order valence-corrected chi connectivity index (χ0v) is 13.1. The average molecular weight is 323 g/mol. The molecule has 1 fully saturated rings. The average Bonchev–Trinajstić information content (AvgIpc) is 2.54. The second-order valence-electron chi connectivity index (χ2n) is 5.72. The molecule has 0 aromatic heterocycles. The molecule has 1 aromatic carbocycles. The van der Waals surface area contributed by atoms with Crippen molar-refractivity contribution in [3.05, 3.63) is 44.0 Å². The number of hydrogen-bond donors (Lipinski definition) is 1. The smallest absolute Gasteiger partial charge is 0.282 e. The van der Waals surface area contributed by atoms with E-state index in [1.165, 1.54) is 37.5 Å². The third kappa shape index (κ3) is 4.46. The van der Waals surface area contributed by atoms with Crippen LogP contribution in [-0.4, -0.2) is 22.6 Å². The summed E-state index contributed by atoms with van der Waals surface area (Å²) in [5, 5.41) is 25.5. The van der Waals surface area contributed by atoms with Gasteiger partial charge in [-0.1, -0.05) is 19.3 Å². The first-order valence-corrected chi connectivity index (χ1v) is 7.77. The number of hydrogen-bond acceptors (Lipinski definition) is 6. The van der Waals surface area contributed by atoms with Crippen molar-refractivity contribution in [2.24, 2.45) is 0 Å². The molecule has 0 heterocycles. The molecule has 1 aromatic rings. The Bertz CT molecular complexity index is 540. The first-order chi connectivity index (χ1) is 11.0. The largest absolute Gasteiger partial charge is 0.358 e. The molecule has 0 amide bonds. The highest BCUT2D eigenvalue weighted by atomic mass is 16.6. The summed E-state index contributed by atoms with van der Waals surface area (Å²) in [7, 11) is 0. The Balaban J connectivity index is 2.06. The fourth-order valence-corrected chi connectivity index (χ4v) is 2.96. The van der Waals surface area contributed by atoms with Crippen molar-refractivity contribution in [2.75, 3.05) is 6.73 Å². The van der Waals surface area contributed by atoms with Gasteiger partial charge in [0.15, 0.2) is 0 Å². The van der Waals surface area contributed by atoms with E-state index < -0.39 is 16.0 Å². The number of benzene rings is 1. The quantitative estimate of drug-likeness (QED) is 0.467. The van der Waals surface area contributed by atoms with Crippen molar-refractivity contribution in [1.29, 1.82) is 0 Å². The van der Waals surface area contributed by atoms with Gasteiger partial charge in [-0.3, -0.25) is 25.5 Å². The van der Waals surface area contributed by atoms with Crippen LogP contribution in [0.25, 0.3) is 0 Å². The first kappa shape index (κ1) is 17.3. The topological polar surface area (TPSA) is 108 Å². The summed E-state index contributed by atoms with van der Waals surface area (Å²) >= 11 is 0. The monoisotopic (exact) mass is 323 g/mol. The molecule has 23 heavy (non-hydrogen) atoms. The van der Waals surface area contributed by atoms with E-state index in [4.69, 9.17) is 4.74 Å². The van der Waals surface area contributed by atoms with Crippen LogP contribution in [0.2, 0.25) is 0 Å². The van der Waals surface area contributed by atoms with Crippen LogP contribution in [0.15, 0.2) is 18.2 Å². The maximum atomic E-state index is 11.1. The third-order valence-electron chi connectivity index (χ3n) is 4.17. The highest BCUT2D eigenvalue weighted by Crippen LogP contribution is 2.35. The molecule has 1 aliphatic rings. The minimum absolute atomic E-state index is 0.00736. The van der Waals surface area contributed by atoms with Crippen LogP contribution < -0.4 is 5.32 Å². The van der Waals surface area contributed by atoms with E-state index in [1.54, 1.807) is 6.92 Å². The van der Waals surface area contributed by atoms with Crippen LogP contribution in [0.5, 0.6) is 0 Å². The molecule has 0 bridgehead atoms. The summed E-state index contributed by atoms with van der Waals surface area (Å²) in [6.07, 6.45) is 5.05. The summed E-state index contributed by atoms with van der Waals surface area (Å²) in [5.41, 5.74) is -0.568. The van der Waals surface area contributed by atoms with Crippen LogP contribution in [0, 0.1) is 20.2 Å². The number of nitro benzene ring substituents is 2. The summed E-state index contributed by atoms with van der Waals surface area (Å²) in [6, 6.07) is 4.22. The molecule has 126 valence electrons. The van der Waals surface area contributed by atoms with Crippen LogP contribution in [0.4, 0.5) is 11.4 Å². The number of ether oxygens (including phenoxy) is 1. The summed E-state index contributed by atoms with van der Waals surface area (Å²) in [4.78, 5) is 21.0. The van der Waals surface area contributed by atoms with E-state index >= 15 is 0 Å². The molecule has 1 aliphatic carbocycles. The second-order valence-corrected chi connectivity index (χ2v) is 5.72. The van der Waals surface area contributed by atoms with Gasteiger partial charge in [-0.15, -0.1) is 0 Å². The lowest BCUT2D eigenvalue weighted by Crippen LogP contribution is -2.33. The summed E-state index contributed by atoms with van der Waals surface area (Å²) in [5.74, 6) is 0. The van der Waals surface area contributed by atoms with E-state index in [0.29, 0.717) is 6.04 Å². The van der Waals surface area contributed by atoms with Gasteiger partial charge in [0.05, 0.1) is 22.7 Å². The zero-order valence-electron chi connectivity index (χ0n) is 13.1. The number of nitrogens with zero attached hydrogens (tertiary/aromatic N) is 2. The molecule has 8 heteroatoms. The highest BCUT2D eigenvalue weighted by Gasteiger charge is 2.29. The van der Waals surface area contributed by atoms with Crippen molar-refractivity contribution in [3.63, 3.8) is 0 Å². The van der Waals surface area contributed by atoms with Crippen molar-refractivity contribution >= 4 is 11.4 Å². The van der Waals surface area contributed by atoms with Crippen LogP contribution in [-0.2, 0) is 4.74 Å². The van der Waals surface area contributed by atoms with Crippen molar-refractivity contribution in [1.82, 2.24) is 5.32 Å². The molecule has 8 nitrogen and oxygen atoms in total. The minimum atomic E-state index is -0.743. The molecule has 0 saturated heterocycles. The van der Waals surface area contributed by atoms with E-state index in [9.17, 15) is 20.2 Å². The molecule has 1 N–H and O–H groups in total. The highest BCUT2D eigenvalue weighted by molar-refractivity contribution is 5.54. The van der Waals surface area contributed by atoms with Gasteiger partial charge >= 0.3 is 0 Å². The van der Waals surface area contributed by atoms with Gasteiger partial charge in [0.2, 0.25) is 0 Å². The first-order valence-electron chi connectivity index (χ1n) is 7.77. The minimum Gasteiger partial charge on any atom is -0.358 e. The third-order valence-corrected chi connectivity index (χ3v) is 4.17. The molecule has 1 saturated carbocycles. The molecule has 0 spiro atoms. The Hall–Kier alpha value is -2.06. The summed E-state index contributed by atoms with van der Waals surface area (Å²) in [6.45, 7) is 1.81. The predicted molar refractivity (Wildman–Crippen MR) is 84.1 cm³/mol. The SMILES string of the molecule is CC(OCNC1CCCCC1)c1c([N+](=O)[O-])cccc1[N+](=O)[O-]. The number of nitrogens with one attached hydrogen (secondary N) is 1. The van der Waals surface area contributed by atoms with Gasteiger partial charge in [0, 0.05) is 18.2 Å². The predicted octanol–water partition coefficient (Wildman–Crippen LogP) is 3.46. The lowest BCUT2D eigenvalue weighted by molar-refractivity contribution is -0.396. The number of nitro groups is 2. The maximum absolute atomic E-state index is 11.1. The maximum Gasteiger partial charge on any atom is 0.282 e. The molecular formula is C15H21N3O5. The zero-order chi connectivity index (χ0) is 16.8. The van der Waals surface area contributed by atoms with Crippen LogP contribution >= 0.6 is 0 Å². The molecular weight excluding hydrogens is 302 g/mol. The molecule has 1 atom stereocenters. The Labute approximate surface area is 134 Å². The Morgan fingerprint density at radius 2 is 1.74 bits per heavy atom. The fourth-order valence-electron chi connectivity index (χ4n) is 2.96. The molecule has 2 rings (SSSR count). The van der Waals surface area contributed by atoms with E-state index in [-0.39, 0.29) is 23.7 Å². The lowest BCUT2D eigenvalue weighted by atomic mass is 9.96. The van der Waals surface area contributed by atoms with Gasteiger partial charge in [-0.25, -0.2) is 0 Å². The Kier molecular flexibility index (Phi) is 6.00. The lowest BCUT2D eigenvalue weighted by Gasteiger charge is -2.23. The second kappa shape index (κ2) is 7.98. The van der Waals surface area contributed by atoms with Gasteiger partial charge in [-0.2, -0.15) is 0 Å². The van der Waals surface area contributed by atoms with Gasteiger partial charge in [-0.05, 0) is 25.8 Å². The van der Waals surface area contributed by atoms with E-state index in [0.717, 1.165) is 12.8 Å².